The van der Waals surface area contributed by atoms with Crippen molar-refractivity contribution in [2.45, 2.75) is 34.1 Å². The largest absolute Gasteiger partial charge is 0.193 e. The molecule has 0 N–H and O–H groups in total. The molecule has 0 saturated heterocycles. The fourth-order valence-electron chi connectivity index (χ4n) is 0.496. The van der Waals surface area contributed by atoms with Gasteiger partial charge in [-0.05, 0) is 34.1 Å². The second-order valence-electron chi connectivity index (χ2n) is 2.54. The molecular weight excluding hydrogens is 158 g/mol. The van der Waals surface area contributed by atoms with Gasteiger partial charge in [0.15, 0.2) is 0 Å². The highest BCUT2D eigenvalue weighted by Gasteiger charge is 1.77. The molecule has 0 bridgehead atoms. The first-order chi connectivity index (χ1) is 6.22. The summed E-state index contributed by atoms with van der Waals surface area (Å²) in [6, 6.07) is 1.84. The molecule has 0 aliphatic carbocycles. The Labute approximate surface area is 82.1 Å². The van der Waals surface area contributed by atoms with Crippen LogP contribution in [0.15, 0.2) is 36.0 Å². The summed E-state index contributed by atoms with van der Waals surface area (Å²) < 4.78 is 0. The highest BCUT2D eigenvalue weighted by molar-refractivity contribution is 5.02. The zero-order valence-electron chi connectivity index (χ0n) is 9.04. The third-order valence-corrected chi connectivity index (χ3v) is 1.41. The molecule has 0 aliphatic rings. The molecule has 0 unspecified atom stereocenters. The first kappa shape index (κ1) is 14.2. The van der Waals surface area contributed by atoms with Crippen molar-refractivity contribution in [2.24, 2.45) is 0 Å². The number of hydrogen-bond donors (Lipinski definition) is 0. The van der Waals surface area contributed by atoms with Crippen LogP contribution in [0.4, 0.5) is 0 Å². The summed E-state index contributed by atoms with van der Waals surface area (Å²) in [6.07, 6.45) is 10.6. The average molecular weight is 177 g/mol. The molecule has 0 heterocycles. The van der Waals surface area contributed by atoms with Gasteiger partial charge in [0, 0.05) is 6.08 Å². The van der Waals surface area contributed by atoms with Gasteiger partial charge < -0.3 is 0 Å². The quantitative estimate of drug-likeness (QED) is 0.462. The molecule has 0 fully saturated rings. The summed E-state index contributed by atoms with van der Waals surface area (Å²) in [7, 11) is 0. The van der Waals surface area contributed by atoms with E-state index in [1.54, 1.807) is 6.08 Å². The first-order valence-corrected chi connectivity index (χ1v) is 4.46. The SMILES string of the molecule is C/C=C\C#N.C/C=C\C/C(C)=C\C. The van der Waals surface area contributed by atoms with Crippen LogP contribution in [0, 0.1) is 11.3 Å². The zero-order valence-corrected chi connectivity index (χ0v) is 9.04. The minimum Gasteiger partial charge on any atom is -0.193 e. The summed E-state index contributed by atoms with van der Waals surface area (Å²) in [6.45, 7) is 8.06. The van der Waals surface area contributed by atoms with Crippen LogP contribution in [0.25, 0.3) is 0 Å². The molecule has 0 saturated carbocycles. The monoisotopic (exact) mass is 177 g/mol. The fraction of sp³-hybridized carbons (Fsp3) is 0.417. The second kappa shape index (κ2) is 13.3. The molecule has 13 heavy (non-hydrogen) atoms. The van der Waals surface area contributed by atoms with Gasteiger partial charge in [-0.1, -0.05) is 29.9 Å². The predicted molar refractivity (Wildman–Crippen MR) is 59.3 cm³/mol. The normalized spacial score (nSPS) is 11.2. The van der Waals surface area contributed by atoms with Gasteiger partial charge in [-0.3, -0.25) is 0 Å². The predicted octanol–water partition coefficient (Wildman–Crippen LogP) is 4.00. The van der Waals surface area contributed by atoms with E-state index in [0.717, 1.165) is 6.42 Å². The van der Waals surface area contributed by atoms with Crippen LogP contribution in [-0.4, -0.2) is 0 Å². The van der Waals surface area contributed by atoms with Crippen LogP contribution in [0.2, 0.25) is 0 Å². The third-order valence-electron chi connectivity index (χ3n) is 1.41. The molecule has 0 atom stereocenters. The molecule has 0 amide bonds. The highest BCUT2D eigenvalue weighted by atomic mass is 14.2. The Morgan fingerprint density at radius 1 is 1.23 bits per heavy atom. The van der Waals surface area contributed by atoms with Gasteiger partial charge in [0.2, 0.25) is 0 Å². The highest BCUT2D eigenvalue weighted by Crippen LogP contribution is 1.98. The minimum absolute atomic E-state index is 1.10. The van der Waals surface area contributed by atoms with E-state index >= 15 is 0 Å². The summed E-state index contributed by atoms with van der Waals surface area (Å²) in [5, 5.41) is 7.73. The van der Waals surface area contributed by atoms with Gasteiger partial charge in [0.25, 0.3) is 0 Å². The Hall–Kier alpha value is -1.29. The number of rotatable bonds is 2. The smallest absolute Gasteiger partial charge is 0.0908 e. The van der Waals surface area contributed by atoms with Crippen LogP contribution < -0.4 is 0 Å². The Bertz CT molecular complexity index is 214. The molecule has 0 aromatic heterocycles. The lowest BCUT2D eigenvalue weighted by Crippen LogP contribution is -1.67. The zero-order chi connectivity index (χ0) is 10.5. The number of nitriles is 1. The minimum atomic E-state index is 1.10. The summed E-state index contributed by atoms with van der Waals surface area (Å²) >= 11 is 0. The van der Waals surface area contributed by atoms with Crippen molar-refractivity contribution in [3.63, 3.8) is 0 Å². The summed E-state index contributed by atoms with van der Waals surface area (Å²) in [4.78, 5) is 0. The van der Waals surface area contributed by atoms with Gasteiger partial charge in [-0.15, -0.1) is 0 Å². The fourth-order valence-corrected chi connectivity index (χ4v) is 0.496. The molecule has 72 valence electrons. The maximum absolute atomic E-state index is 7.73. The van der Waals surface area contributed by atoms with Gasteiger partial charge in [-0.2, -0.15) is 5.26 Å². The van der Waals surface area contributed by atoms with Gasteiger partial charge in [0.1, 0.15) is 0 Å². The van der Waals surface area contributed by atoms with Crippen molar-refractivity contribution in [3.8, 4) is 6.07 Å². The van der Waals surface area contributed by atoms with E-state index in [1.807, 2.05) is 19.9 Å². The van der Waals surface area contributed by atoms with E-state index in [1.165, 1.54) is 11.6 Å². The van der Waals surface area contributed by atoms with Crippen LogP contribution in [0.5, 0.6) is 0 Å². The van der Waals surface area contributed by atoms with Crippen LogP contribution in [0.3, 0.4) is 0 Å². The van der Waals surface area contributed by atoms with E-state index in [9.17, 15) is 0 Å². The maximum atomic E-state index is 7.73. The Kier molecular flexibility index (Phi) is 14.6. The molecule has 0 radical (unpaired) electrons. The van der Waals surface area contributed by atoms with E-state index < -0.39 is 0 Å². The van der Waals surface area contributed by atoms with Crippen molar-refractivity contribution >= 4 is 0 Å². The maximum Gasteiger partial charge on any atom is 0.0908 e. The Balaban J connectivity index is 0. The number of allylic oxidation sites excluding steroid dienone is 6. The van der Waals surface area contributed by atoms with Crippen LogP contribution in [-0.2, 0) is 0 Å². The van der Waals surface area contributed by atoms with Crippen molar-refractivity contribution in [1.29, 1.82) is 5.26 Å². The van der Waals surface area contributed by atoms with E-state index in [2.05, 4.69) is 32.1 Å². The van der Waals surface area contributed by atoms with Crippen molar-refractivity contribution in [3.05, 3.63) is 36.0 Å². The van der Waals surface area contributed by atoms with Crippen molar-refractivity contribution in [2.75, 3.05) is 0 Å². The average Bonchev–Trinajstić information content (AvgIpc) is 2.16. The standard InChI is InChI=1S/C8H14.C4H5N/c1-4-6-7-8(3)5-2;1-2-3-4-5/h4-6H,7H2,1-3H3;2-3H,1H3/b6-4-,8-5-;3-2-. The molecule has 0 aliphatic heterocycles. The third kappa shape index (κ3) is 18.0. The van der Waals surface area contributed by atoms with Crippen LogP contribution >= 0.6 is 0 Å². The molecule has 0 spiro atoms. The summed E-state index contributed by atoms with van der Waals surface area (Å²) in [5.41, 5.74) is 1.43. The molecule has 0 rings (SSSR count). The van der Waals surface area contributed by atoms with Gasteiger partial charge >= 0.3 is 0 Å². The molecular formula is C12H19N. The van der Waals surface area contributed by atoms with E-state index in [-0.39, 0.29) is 0 Å². The second-order valence-corrected chi connectivity index (χ2v) is 2.54. The van der Waals surface area contributed by atoms with E-state index in [4.69, 9.17) is 5.26 Å². The van der Waals surface area contributed by atoms with Crippen molar-refractivity contribution < 1.29 is 0 Å². The Morgan fingerprint density at radius 3 is 2.08 bits per heavy atom. The topological polar surface area (TPSA) is 23.8 Å². The van der Waals surface area contributed by atoms with Crippen LogP contribution in [0.1, 0.15) is 34.1 Å². The lowest BCUT2D eigenvalue weighted by molar-refractivity contribution is 1.19. The van der Waals surface area contributed by atoms with Crippen molar-refractivity contribution in [1.82, 2.24) is 0 Å². The van der Waals surface area contributed by atoms with E-state index in [0.29, 0.717) is 0 Å². The van der Waals surface area contributed by atoms with Gasteiger partial charge in [-0.25, -0.2) is 0 Å². The number of hydrogen-bond acceptors (Lipinski definition) is 1. The lowest BCUT2D eigenvalue weighted by Gasteiger charge is -1.88. The molecule has 1 nitrogen and oxygen atoms in total. The first-order valence-electron chi connectivity index (χ1n) is 4.46. The number of nitrogens with zero attached hydrogens (tertiary/aromatic N) is 1. The Morgan fingerprint density at radius 2 is 1.85 bits per heavy atom. The van der Waals surface area contributed by atoms with Gasteiger partial charge in [0.05, 0.1) is 6.07 Å². The summed E-state index contributed by atoms with van der Waals surface area (Å²) in [5.74, 6) is 0. The molecule has 1 heteroatoms. The molecule has 0 aromatic rings. The molecule has 0 aromatic carbocycles. The lowest BCUT2D eigenvalue weighted by atomic mass is 10.2.